The van der Waals surface area contributed by atoms with Crippen molar-refractivity contribution in [3.05, 3.63) is 63.4 Å². The molecule has 1 amide bonds. The van der Waals surface area contributed by atoms with Crippen LogP contribution in [0.3, 0.4) is 0 Å². The minimum absolute atomic E-state index is 0.0107. The van der Waals surface area contributed by atoms with Gasteiger partial charge in [-0.2, -0.15) is 4.98 Å². The summed E-state index contributed by atoms with van der Waals surface area (Å²) < 4.78 is 31.3. The molecule has 1 heterocycles. The maximum Gasteiger partial charge on any atom is 0.295 e. The fraction of sp³-hybridized carbons (Fsp3) is 0.118. The molecule has 3 rings (SSSR count). The van der Waals surface area contributed by atoms with Gasteiger partial charge in [0.2, 0.25) is 0 Å². The molecule has 3 aromatic rings. The lowest BCUT2D eigenvalue weighted by Gasteiger charge is -2.15. The molecule has 0 atom stereocenters. The molecule has 140 valence electrons. The Balaban J connectivity index is 1.79. The number of nitrogens with zero attached hydrogens (tertiary/aromatic N) is 3. The summed E-state index contributed by atoms with van der Waals surface area (Å²) in [5, 5.41) is 13.2. The zero-order valence-electron chi connectivity index (χ0n) is 13.7. The first-order chi connectivity index (χ1) is 12.8. The Morgan fingerprint density at radius 2 is 1.85 bits per heavy atom. The molecule has 1 N–H and O–H groups in total. The van der Waals surface area contributed by atoms with Gasteiger partial charge in [-0.3, -0.25) is 4.79 Å². The van der Waals surface area contributed by atoms with Crippen LogP contribution in [0.25, 0.3) is 11.5 Å². The van der Waals surface area contributed by atoms with Crippen LogP contribution in [0.5, 0.6) is 5.75 Å². The van der Waals surface area contributed by atoms with Crippen LogP contribution < -0.4 is 0 Å². The van der Waals surface area contributed by atoms with Crippen LogP contribution in [0.15, 0.2) is 34.9 Å². The molecule has 0 saturated carbocycles. The molecule has 6 nitrogen and oxygen atoms in total. The van der Waals surface area contributed by atoms with E-state index in [4.69, 9.17) is 27.7 Å². The van der Waals surface area contributed by atoms with Gasteiger partial charge in [0.25, 0.3) is 17.6 Å². The van der Waals surface area contributed by atoms with Crippen molar-refractivity contribution in [2.45, 2.75) is 6.54 Å². The van der Waals surface area contributed by atoms with Crippen LogP contribution >= 0.6 is 23.2 Å². The molecule has 0 aliphatic carbocycles. The molecule has 0 aliphatic rings. The summed E-state index contributed by atoms with van der Waals surface area (Å²) in [7, 11) is 1.45. The quantitative estimate of drug-likeness (QED) is 0.689. The van der Waals surface area contributed by atoms with Crippen molar-refractivity contribution in [2.24, 2.45) is 0 Å². The van der Waals surface area contributed by atoms with Crippen molar-refractivity contribution in [1.82, 2.24) is 15.0 Å². The van der Waals surface area contributed by atoms with Crippen molar-refractivity contribution in [3.8, 4) is 17.2 Å². The highest BCUT2D eigenvalue weighted by Crippen LogP contribution is 2.35. The maximum absolute atomic E-state index is 13.3. The average molecular weight is 414 g/mol. The van der Waals surface area contributed by atoms with Crippen LogP contribution in [-0.2, 0) is 6.54 Å². The number of aromatic nitrogens is 2. The first kappa shape index (κ1) is 19.1. The number of carbonyl (C=O) groups excluding carboxylic acids is 1. The summed E-state index contributed by atoms with van der Waals surface area (Å²) in [6.07, 6.45) is 0. The van der Waals surface area contributed by atoms with E-state index in [1.165, 1.54) is 30.1 Å². The van der Waals surface area contributed by atoms with Gasteiger partial charge >= 0.3 is 0 Å². The Morgan fingerprint density at radius 1 is 1.19 bits per heavy atom. The van der Waals surface area contributed by atoms with E-state index in [0.717, 1.165) is 12.1 Å². The van der Waals surface area contributed by atoms with E-state index in [2.05, 4.69) is 10.1 Å². The molecule has 1 aromatic heterocycles. The minimum Gasteiger partial charge on any atom is -0.505 e. The summed E-state index contributed by atoms with van der Waals surface area (Å²) in [5.74, 6) is -3.12. The first-order valence-corrected chi connectivity index (χ1v) is 8.23. The monoisotopic (exact) mass is 413 g/mol. The lowest BCUT2D eigenvalue weighted by molar-refractivity contribution is 0.0769. The molecule has 27 heavy (non-hydrogen) atoms. The second-order valence-electron chi connectivity index (χ2n) is 5.62. The van der Waals surface area contributed by atoms with Gasteiger partial charge in [-0.1, -0.05) is 34.4 Å². The number of hydrogen-bond acceptors (Lipinski definition) is 5. The van der Waals surface area contributed by atoms with E-state index in [-0.39, 0.29) is 34.1 Å². The smallest absolute Gasteiger partial charge is 0.295 e. The van der Waals surface area contributed by atoms with E-state index >= 15 is 0 Å². The van der Waals surface area contributed by atoms with Gasteiger partial charge < -0.3 is 14.5 Å². The summed E-state index contributed by atoms with van der Waals surface area (Å²) in [6.45, 7) is 0.0107. The van der Waals surface area contributed by atoms with E-state index in [1.807, 2.05) is 0 Å². The fourth-order valence-corrected chi connectivity index (χ4v) is 2.76. The highest BCUT2D eigenvalue weighted by molar-refractivity contribution is 6.37. The summed E-state index contributed by atoms with van der Waals surface area (Å²) >= 11 is 11.7. The second kappa shape index (κ2) is 7.50. The SMILES string of the molecule is CN(Cc1ccc(F)c(F)c1)C(=O)c1noc(-c2cc(Cl)c(O)c(Cl)c2)n1. The topological polar surface area (TPSA) is 79.5 Å². The molecule has 0 fully saturated rings. The Bertz CT molecular complexity index is 1000. The molecule has 2 aromatic carbocycles. The molecule has 0 radical (unpaired) electrons. The fourth-order valence-electron chi connectivity index (χ4n) is 2.27. The van der Waals surface area contributed by atoms with Crippen LogP contribution in [0.2, 0.25) is 10.0 Å². The lowest BCUT2D eigenvalue weighted by Crippen LogP contribution is -2.27. The molecular formula is C17H11Cl2F2N3O3. The normalized spacial score (nSPS) is 10.9. The number of benzene rings is 2. The van der Waals surface area contributed by atoms with E-state index in [0.29, 0.717) is 11.1 Å². The van der Waals surface area contributed by atoms with Crippen LogP contribution in [0.1, 0.15) is 16.2 Å². The molecular weight excluding hydrogens is 403 g/mol. The van der Waals surface area contributed by atoms with Gasteiger partial charge in [0.1, 0.15) is 0 Å². The Kier molecular flexibility index (Phi) is 5.29. The van der Waals surface area contributed by atoms with E-state index in [9.17, 15) is 18.7 Å². The first-order valence-electron chi connectivity index (χ1n) is 7.47. The summed E-state index contributed by atoms with van der Waals surface area (Å²) in [5.41, 5.74) is 0.711. The molecule has 10 heteroatoms. The van der Waals surface area contributed by atoms with Crippen LogP contribution in [0, 0.1) is 11.6 Å². The number of rotatable bonds is 4. The predicted molar refractivity (Wildman–Crippen MR) is 93.6 cm³/mol. The average Bonchev–Trinajstić information content (AvgIpc) is 3.11. The maximum atomic E-state index is 13.3. The third-order valence-electron chi connectivity index (χ3n) is 3.63. The number of hydrogen-bond donors (Lipinski definition) is 1. The number of carbonyl (C=O) groups is 1. The standard InChI is InChI=1S/C17H11Cl2F2N3O3/c1-24(7-8-2-3-12(20)13(21)4-8)17(26)15-22-16(27-23-15)9-5-10(18)14(25)11(19)6-9/h2-6,25H,7H2,1H3. The zero-order chi connectivity index (χ0) is 19.7. The van der Waals surface area contributed by atoms with Gasteiger partial charge in [-0.15, -0.1) is 0 Å². The summed E-state index contributed by atoms with van der Waals surface area (Å²) in [4.78, 5) is 17.6. The lowest BCUT2D eigenvalue weighted by atomic mass is 10.2. The molecule has 0 unspecified atom stereocenters. The largest absolute Gasteiger partial charge is 0.505 e. The van der Waals surface area contributed by atoms with E-state index < -0.39 is 17.5 Å². The van der Waals surface area contributed by atoms with Crippen molar-refractivity contribution < 1.29 is 23.2 Å². The van der Waals surface area contributed by atoms with Gasteiger partial charge in [-0.25, -0.2) is 8.78 Å². The highest BCUT2D eigenvalue weighted by atomic mass is 35.5. The Labute approximate surface area is 161 Å². The van der Waals surface area contributed by atoms with Gasteiger partial charge in [0.05, 0.1) is 10.0 Å². The Hall–Kier alpha value is -2.71. The van der Waals surface area contributed by atoms with Crippen molar-refractivity contribution in [1.29, 1.82) is 0 Å². The number of amides is 1. The molecule has 0 spiro atoms. The highest BCUT2D eigenvalue weighted by Gasteiger charge is 2.21. The molecule has 0 saturated heterocycles. The van der Waals surface area contributed by atoms with Crippen LogP contribution in [-0.4, -0.2) is 33.1 Å². The zero-order valence-corrected chi connectivity index (χ0v) is 15.2. The van der Waals surface area contributed by atoms with E-state index in [1.54, 1.807) is 0 Å². The second-order valence-corrected chi connectivity index (χ2v) is 6.44. The van der Waals surface area contributed by atoms with Crippen LogP contribution in [0.4, 0.5) is 8.78 Å². The third kappa shape index (κ3) is 4.01. The van der Waals surface area contributed by atoms with Gasteiger partial charge in [0, 0.05) is 19.2 Å². The number of aromatic hydroxyl groups is 1. The van der Waals surface area contributed by atoms with Gasteiger partial charge in [-0.05, 0) is 29.8 Å². The van der Waals surface area contributed by atoms with Gasteiger partial charge in [0.15, 0.2) is 17.4 Å². The predicted octanol–water partition coefficient (Wildman–Crippen LogP) is 4.30. The Morgan fingerprint density at radius 3 is 2.48 bits per heavy atom. The molecule has 0 aliphatic heterocycles. The minimum atomic E-state index is -1.00. The number of phenols is 1. The number of halogens is 4. The summed E-state index contributed by atoms with van der Waals surface area (Å²) in [6, 6.07) is 6.06. The third-order valence-corrected chi connectivity index (χ3v) is 4.21. The molecule has 0 bridgehead atoms. The van der Waals surface area contributed by atoms with Crippen molar-refractivity contribution >= 4 is 29.1 Å². The van der Waals surface area contributed by atoms with Crippen molar-refractivity contribution in [2.75, 3.05) is 7.05 Å². The number of phenolic OH excluding ortho intramolecular Hbond substituents is 1. The van der Waals surface area contributed by atoms with Crippen molar-refractivity contribution in [3.63, 3.8) is 0 Å².